The van der Waals surface area contributed by atoms with Crippen LogP contribution in [0, 0.1) is 5.82 Å². The van der Waals surface area contributed by atoms with Gasteiger partial charge >= 0.3 is 0 Å². The van der Waals surface area contributed by atoms with Crippen LogP contribution < -0.4 is 4.74 Å². The Balaban J connectivity index is 1.72. The number of Topliss-reactive ketones (excluding diaryl/α,β-unsaturated/α-hetero) is 1. The van der Waals surface area contributed by atoms with Crippen molar-refractivity contribution in [1.29, 1.82) is 0 Å². The van der Waals surface area contributed by atoms with Gasteiger partial charge in [-0.05, 0) is 29.8 Å². The normalized spacial score (nSPS) is 21.2. The Morgan fingerprint density at radius 3 is 2.69 bits per heavy atom. The maximum absolute atomic E-state index is 14.2. The third-order valence-electron chi connectivity index (χ3n) is 5.73. The molecule has 0 bridgehead atoms. The minimum atomic E-state index is -0.824. The van der Waals surface area contributed by atoms with Gasteiger partial charge in [-0.3, -0.25) is 19.5 Å². The van der Waals surface area contributed by atoms with Gasteiger partial charge < -0.3 is 19.5 Å². The maximum atomic E-state index is 14.2. The number of morpholine rings is 1. The molecule has 1 aromatic heterocycles. The van der Waals surface area contributed by atoms with Crippen LogP contribution in [0.3, 0.4) is 0 Å². The van der Waals surface area contributed by atoms with E-state index in [1.54, 1.807) is 24.5 Å². The predicted octanol–water partition coefficient (Wildman–Crippen LogP) is 1.98. The molecule has 4 rings (SSSR count). The van der Waals surface area contributed by atoms with E-state index in [0.717, 1.165) is 19.2 Å². The number of ether oxygens (including phenoxy) is 2. The molecule has 2 fully saturated rings. The molecule has 2 saturated heterocycles. The van der Waals surface area contributed by atoms with Crippen molar-refractivity contribution in [3.8, 4) is 5.75 Å². The standard InChI is InChI=1S/C23H24FN3O5/c1-31-18-5-4-15(13-17(18)24)21(28)19-20(16-3-2-6-25-14-16)27(23(30)22(19)29)8-7-26-9-11-32-12-10-26/h2-6,13-14,20,28H,7-12H2,1H3/b21-19+/t20-/m0/s1. The van der Waals surface area contributed by atoms with Gasteiger partial charge in [-0.25, -0.2) is 4.39 Å². The zero-order chi connectivity index (χ0) is 22.7. The van der Waals surface area contributed by atoms with Crippen LogP contribution in [0.1, 0.15) is 17.2 Å². The molecule has 1 atom stereocenters. The van der Waals surface area contributed by atoms with Crippen LogP contribution in [0.4, 0.5) is 4.39 Å². The van der Waals surface area contributed by atoms with E-state index < -0.39 is 29.3 Å². The Hall–Kier alpha value is -3.30. The van der Waals surface area contributed by atoms with Crippen molar-refractivity contribution in [3.05, 3.63) is 65.2 Å². The molecule has 8 nitrogen and oxygen atoms in total. The molecule has 1 N–H and O–H groups in total. The second-order valence-corrected chi connectivity index (χ2v) is 7.58. The third-order valence-corrected chi connectivity index (χ3v) is 5.73. The first-order valence-corrected chi connectivity index (χ1v) is 10.3. The van der Waals surface area contributed by atoms with Gasteiger partial charge in [0.25, 0.3) is 11.7 Å². The molecule has 32 heavy (non-hydrogen) atoms. The average Bonchev–Trinajstić information content (AvgIpc) is 3.08. The summed E-state index contributed by atoms with van der Waals surface area (Å²) < 4.78 is 24.5. The van der Waals surface area contributed by atoms with E-state index in [2.05, 4.69) is 9.88 Å². The van der Waals surface area contributed by atoms with Gasteiger partial charge in [-0.2, -0.15) is 0 Å². The number of pyridine rings is 1. The largest absolute Gasteiger partial charge is 0.507 e. The molecule has 0 unspecified atom stereocenters. The van der Waals surface area contributed by atoms with Crippen molar-refractivity contribution < 1.29 is 28.6 Å². The zero-order valence-corrected chi connectivity index (χ0v) is 17.7. The Kier molecular flexibility index (Phi) is 6.48. The summed E-state index contributed by atoms with van der Waals surface area (Å²) in [6.07, 6.45) is 3.14. The van der Waals surface area contributed by atoms with Crippen LogP contribution >= 0.6 is 0 Å². The number of nitrogens with zero attached hydrogens (tertiary/aromatic N) is 3. The van der Waals surface area contributed by atoms with Crippen molar-refractivity contribution >= 4 is 17.4 Å². The quantitative estimate of drug-likeness (QED) is 0.416. The molecule has 2 aliphatic heterocycles. The van der Waals surface area contributed by atoms with Gasteiger partial charge in [0.15, 0.2) is 11.6 Å². The lowest BCUT2D eigenvalue weighted by Crippen LogP contribution is -2.42. The highest BCUT2D eigenvalue weighted by Crippen LogP contribution is 2.39. The molecule has 9 heteroatoms. The molecule has 3 heterocycles. The lowest BCUT2D eigenvalue weighted by atomic mass is 9.96. The number of aliphatic hydroxyl groups is 1. The second-order valence-electron chi connectivity index (χ2n) is 7.58. The number of amides is 1. The molecular weight excluding hydrogens is 417 g/mol. The van der Waals surface area contributed by atoms with E-state index in [0.29, 0.717) is 25.3 Å². The van der Waals surface area contributed by atoms with E-state index in [1.165, 1.54) is 24.1 Å². The highest BCUT2D eigenvalue weighted by molar-refractivity contribution is 6.46. The molecule has 2 aliphatic rings. The number of likely N-dealkylation sites (tertiary alicyclic amines) is 1. The van der Waals surface area contributed by atoms with Crippen molar-refractivity contribution in [2.45, 2.75) is 6.04 Å². The van der Waals surface area contributed by atoms with Gasteiger partial charge in [0.05, 0.1) is 31.9 Å². The fourth-order valence-electron chi connectivity index (χ4n) is 4.04. The number of hydrogen-bond acceptors (Lipinski definition) is 7. The summed E-state index contributed by atoms with van der Waals surface area (Å²) in [5.41, 5.74) is 0.585. The van der Waals surface area contributed by atoms with Gasteiger partial charge in [0.2, 0.25) is 0 Å². The lowest BCUT2D eigenvalue weighted by molar-refractivity contribution is -0.140. The fourth-order valence-corrected chi connectivity index (χ4v) is 4.04. The second kappa shape index (κ2) is 9.46. The van der Waals surface area contributed by atoms with Crippen LogP contribution in [0.5, 0.6) is 5.75 Å². The highest BCUT2D eigenvalue weighted by Gasteiger charge is 2.46. The topological polar surface area (TPSA) is 92.2 Å². The molecule has 0 radical (unpaired) electrons. The van der Waals surface area contributed by atoms with Crippen LogP contribution in [0.15, 0.2) is 48.3 Å². The minimum absolute atomic E-state index is 0.0105. The summed E-state index contributed by atoms with van der Waals surface area (Å²) in [7, 11) is 1.33. The Bertz CT molecular complexity index is 1040. The van der Waals surface area contributed by atoms with E-state index in [9.17, 15) is 19.1 Å². The van der Waals surface area contributed by atoms with E-state index in [-0.39, 0.29) is 23.4 Å². The number of carbonyl (C=O) groups excluding carboxylic acids is 2. The number of hydrogen-bond donors (Lipinski definition) is 1. The van der Waals surface area contributed by atoms with Gasteiger partial charge in [-0.15, -0.1) is 0 Å². The molecule has 0 spiro atoms. The maximum Gasteiger partial charge on any atom is 0.295 e. The predicted molar refractivity (Wildman–Crippen MR) is 113 cm³/mol. The summed E-state index contributed by atoms with van der Waals surface area (Å²) in [6.45, 7) is 3.57. The van der Waals surface area contributed by atoms with E-state index in [1.807, 2.05) is 0 Å². The van der Waals surface area contributed by atoms with Crippen LogP contribution in [0.2, 0.25) is 0 Å². The number of carbonyl (C=O) groups is 2. The summed E-state index contributed by atoms with van der Waals surface area (Å²) >= 11 is 0. The molecule has 1 aromatic carbocycles. The molecule has 168 valence electrons. The fraction of sp³-hybridized carbons (Fsp3) is 0.348. The molecule has 0 aliphatic carbocycles. The van der Waals surface area contributed by atoms with Crippen molar-refractivity contribution in [1.82, 2.24) is 14.8 Å². The van der Waals surface area contributed by atoms with Crippen LogP contribution in [0.25, 0.3) is 5.76 Å². The summed E-state index contributed by atoms with van der Waals surface area (Å²) in [5, 5.41) is 11.0. The Morgan fingerprint density at radius 1 is 1.25 bits per heavy atom. The van der Waals surface area contributed by atoms with E-state index >= 15 is 0 Å². The number of ketones is 1. The highest BCUT2D eigenvalue weighted by atomic mass is 19.1. The first-order valence-electron chi connectivity index (χ1n) is 10.3. The van der Waals surface area contributed by atoms with Crippen molar-refractivity contribution in [3.63, 3.8) is 0 Å². The Labute approximate surface area is 184 Å². The number of benzene rings is 1. The van der Waals surface area contributed by atoms with Crippen LogP contribution in [-0.2, 0) is 14.3 Å². The molecule has 0 saturated carbocycles. The number of aliphatic hydroxyl groups excluding tert-OH is 1. The van der Waals surface area contributed by atoms with Crippen molar-refractivity contribution in [2.75, 3.05) is 46.5 Å². The summed E-state index contributed by atoms with van der Waals surface area (Å²) in [5.74, 6) is -2.63. The summed E-state index contributed by atoms with van der Waals surface area (Å²) in [6, 6.07) is 6.50. The van der Waals surface area contributed by atoms with E-state index in [4.69, 9.17) is 9.47 Å². The SMILES string of the molecule is COc1ccc(/C(O)=C2\C(=O)C(=O)N(CCN3CCOCC3)[C@H]2c2cccnc2)cc1F. The number of halogens is 1. The Morgan fingerprint density at radius 2 is 2.03 bits per heavy atom. The minimum Gasteiger partial charge on any atom is -0.507 e. The number of rotatable bonds is 6. The molecule has 1 amide bonds. The van der Waals surface area contributed by atoms with Gasteiger partial charge in [-0.1, -0.05) is 6.07 Å². The lowest BCUT2D eigenvalue weighted by Gasteiger charge is -2.30. The van der Waals surface area contributed by atoms with Gasteiger partial charge in [0, 0.05) is 44.1 Å². The smallest absolute Gasteiger partial charge is 0.295 e. The monoisotopic (exact) mass is 441 g/mol. The summed E-state index contributed by atoms with van der Waals surface area (Å²) in [4.78, 5) is 33.7. The zero-order valence-electron chi connectivity index (χ0n) is 17.7. The van der Waals surface area contributed by atoms with Gasteiger partial charge in [0.1, 0.15) is 5.76 Å². The first-order chi connectivity index (χ1) is 15.5. The third kappa shape index (κ3) is 4.21. The number of aromatic nitrogens is 1. The number of methoxy groups -OCH3 is 1. The molecular formula is C23H24FN3O5. The van der Waals surface area contributed by atoms with Crippen molar-refractivity contribution in [2.24, 2.45) is 0 Å². The first kappa shape index (κ1) is 21.9. The average molecular weight is 441 g/mol. The van der Waals surface area contributed by atoms with Crippen LogP contribution in [-0.4, -0.2) is 78.1 Å². The molecule has 2 aromatic rings.